The summed E-state index contributed by atoms with van der Waals surface area (Å²) in [5.74, 6) is 0.828. The van der Waals surface area contributed by atoms with E-state index in [1.165, 1.54) is 6.33 Å². The van der Waals surface area contributed by atoms with Crippen LogP contribution in [0.3, 0.4) is 0 Å². The quantitative estimate of drug-likeness (QED) is 0.803. The van der Waals surface area contributed by atoms with E-state index in [-0.39, 0.29) is 11.9 Å². The summed E-state index contributed by atoms with van der Waals surface area (Å²) in [6.45, 7) is 2.64. The maximum Gasteiger partial charge on any atom is 0.150 e. The third-order valence-corrected chi connectivity index (χ3v) is 2.39. The first-order chi connectivity index (χ1) is 7.19. The maximum absolute atomic E-state index is 5.94. The summed E-state index contributed by atoms with van der Waals surface area (Å²) in [7, 11) is 1.65. The van der Waals surface area contributed by atoms with E-state index >= 15 is 0 Å². The van der Waals surface area contributed by atoms with Crippen LogP contribution in [0.15, 0.2) is 6.33 Å². The highest BCUT2D eigenvalue weighted by Gasteiger charge is 2.11. The fourth-order valence-electron chi connectivity index (χ4n) is 1.14. The van der Waals surface area contributed by atoms with Crippen LogP contribution in [0.1, 0.15) is 13.3 Å². The number of aromatic nitrogens is 2. The molecule has 0 aliphatic rings. The molecule has 0 bridgehead atoms. The van der Waals surface area contributed by atoms with Gasteiger partial charge >= 0.3 is 0 Å². The molecular weight excluding hydrogens is 216 g/mol. The van der Waals surface area contributed by atoms with Crippen LogP contribution in [0.5, 0.6) is 0 Å². The number of hydrogen-bond donors (Lipinski definition) is 2. The van der Waals surface area contributed by atoms with Crippen molar-refractivity contribution in [3.05, 3.63) is 11.3 Å². The van der Waals surface area contributed by atoms with Crippen molar-refractivity contribution >= 4 is 23.2 Å². The number of ether oxygens (including phenoxy) is 1. The van der Waals surface area contributed by atoms with E-state index in [1.807, 2.05) is 0 Å². The Kier molecular flexibility index (Phi) is 4.58. The average Bonchev–Trinajstić information content (AvgIpc) is 2.24. The SMILES string of the molecule is CCC(COC)Nc1ncnc(N)c1Cl. The zero-order valence-corrected chi connectivity index (χ0v) is 9.58. The van der Waals surface area contributed by atoms with Crippen molar-refractivity contribution in [3.8, 4) is 0 Å². The molecule has 0 aliphatic carbocycles. The Morgan fingerprint density at radius 1 is 1.60 bits per heavy atom. The van der Waals surface area contributed by atoms with Crippen molar-refractivity contribution in [2.75, 3.05) is 24.8 Å². The number of methoxy groups -OCH3 is 1. The zero-order chi connectivity index (χ0) is 11.3. The van der Waals surface area contributed by atoms with E-state index in [2.05, 4.69) is 22.2 Å². The molecule has 0 fully saturated rings. The van der Waals surface area contributed by atoms with E-state index in [0.717, 1.165) is 6.42 Å². The molecule has 6 heteroatoms. The molecule has 1 unspecified atom stereocenters. The van der Waals surface area contributed by atoms with Crippen LogP contribution in [0.4, 0.5) is 11.6 Å². The van der Waals surface area contributed by atoms with E-state index in [9.17, 15) is 0 Å². The highest BCUT2D eigenvalue weighted by molar-refractivity contribution is 6.35. The Morgan fingerprint density at radius 2 is 2.33 bits per heavy atom. The summed E-state index contributed by atoms with van der Waals surface area (Å²) >= 11 is 5.94. The first-order valence-electron chi connectivity index (χ1n) is 4.70. The van der Waals surface area contributed by atoms with Crippen LogP contribution in [0.25, 0.3) is 0 Å². The van der Waals surface area contributed by atoms with Gasteiger partial charge in [0.25, 0.3) is 0 Å². The molecule has 1 aromatic heterocycles. The molecule has 3 N–H and O–H groups in total. The van der Waals surface area contributed by atoms with Gasteiger partial charge in [0.05, 0.1) is 12.6 Å². The largest absolute Gasteiger partial charge is 0.383 e. The van der Waals surface area contributed by atoms with Gasteiger partial charge in [-0.15, -0.1) is 0 Å². The van der Waals surface area contributed by atoms with Crippen molar-refractivity contribution in [3.63, 3.8) is 0 Å². The highest BCUT2D eigenvalue weighted by atomic mass is 35.5. The maximum atomic E-state index is 5.94. The third-order valence-electron chi connectivity index (χ3n) is 2.02. The van der Waals surface area contributed by atoms with E-state index < -0.39 is 0 Å². The number of hydrogen-bond acceptors (Lipinski definition) is 5. The fraction of sp³-hybridized carbons (Fsp3) is 0.556. The van der Waals surface area contributed by atoms with E-state index in [4.69, 9.17) is 22.1 Å². The van der Waals surface area contributed by atoms with E-state index in [1.54, 1.807) is 7.11 Å². The molecule has 1 heterocycles. The predicted octanol–water partition coefficient (Wildman–Crippen LogP) is 1.55. The van der Waals surface area contributed by atoms with Crippen LogP contribution in [0, 0.1) is 0 Å². The van der Waals surface area contributed by atoms with Crippen molar-refractivity contribution in [2.24, 2.45) is 0 Å². The van der Waals surface area contributed by atoms with Gasteiger partial charge in [0.2, 0.25) is 0 Å². The van der Waals surface area contributed by atoms with Crippen LogP contribution in [-0.2, 0) is 4.74 Å². The highest BCUT2D eigenvalue weighted by Crippen LogP contribution is 2.23. The number of halogens is 1. The topological polar surface area (TPSA) is 73.1 Å². The van der Waals surface area contributed by atoms with Gasteiger partial charge in [0.1, 0.15) is 17.2 Å². The van der Waals surface area contributed by atoms with Gasteiger partial charge < -0.3 is 15.8 Å². The molecule has 84 valence electrons. The van der Waals surface area contributed by atoms with Gasteiger partial charge in [-0.2, -0.15) is 0 Å². The van der Waals surface area contributed by atoms with Crippen LogP contribution >= 0.6 is 11.6 Å². The van der Waals surface area contributed by atoms with Gasteiger partial charge in [0, 0.05) is 7.11 Å². The minimum Gasteiger partial charge on any atom is -0.383 e. The van der Waals surface area contributed by atoms with Crippen molar-refractivity contribution in [1.29, 1.82) is 0 Å². The smallest absolute Gasteiger partial charge is 0.150 e. The third kappa shape index (κ3) is 3.21. The lowest BCUT2D eigenvalue weighted by Gasteiger charge is -2.17. The van der Waals surface area contributed by atoms with Gasteiger partial charge in [-0.3, -0.25) is 0 Å². The van der Waals surface area contributed by atoms with E-state index in [0.29, 0.717) is 17.4 Å². The second-order valence-corrected chi connectivity index (χ2v) is 3.50. The minimum atomic E-state index is 0.168. The molecule has 5 nitrogen and oxygen atoms in total. The molecule has 0 amide bonds. The fourth-order valence-corrected chi connectivity index (χ4v) is 1.29. The summed E-state index contributed by atoms with van der Waals surface area (Å²) in [5, 5.41) is 3.50. The molecule has 0 saturated heterocycles. The number of nitrogens with one attached hydrogen (secondary N) is 1. The van der Waals surface area contributed by atoms with Crippen molar-refractivity contribution in [2.45, 2.75) is 19.4 Å². The number of anilines is 2. The van der Waals surface area contributed by atoms with Gasteiger partial charge in [-0.05, 0) is 6.42 Å². The first-order valence-corrected chi connectivity index (χ1v) is 5.08. The first kappa shape index (κ1) is 12.0. The Morgan fingerprint density at radius 3 is 2.93 bits per heavy atom. The van der Waals surface area contributed by atoms with Crippen molar-refractivity contribution in [1.82, 2.24) is 9.97 Å². The lowest BCUT2D eigenvalue weighted by atomic mass is 10.2. The molecule has 1 rings (SSSR count). The molecule has 0 aliphatic heterocycles. The number of rotatable bonds is 5. The molecule has 1 aromatic rings. The molecule has 0 radical (unpaired) electrons. The molecule has 1 atom stereocenters. The van der Waals surface area contributed by atoms with Crippen LogP contribution < -0.4 is 11.1 Å². The van der Waals surface area contributed by atoms with Crippen molar-refractivity contribution < 1.29 is 4.74 Å². The van der Waals surface area contributed by atoms with Gasteiger partial charge in [-0.25, -0.2) is 9.97 Å². The summed E-state index contributed by atoms with van der Waals surface area (Å²) in [4.78, 5) is 7.80. The summed E-state index contributed by atoms with van der Waals surface area (Å²) < 4.78 is 5.06. The second-order valence-electron chi connectivity index (χ2n) is 3.13. The Balaban J connectivity index is 2.74. The van der Waals surface area contributed by atoms with Crippen LogP contribution in [-0.4, -0.2) is 29.7 Å². The normalized spacial score (nSPS) is 12.5. The number of nitrogens with zero attached hydrogens (tertiary/aromatic N) is 2. The van der Waals surface area contributed by atoms with Gasteiger partial charge in [0.15, 0.2) is 5.82 Å². The Labute approximate surface area is 94.0 Å². The summed E-state index contributed by atoms with van der Waals surface area (Å²) in [5.41, 5.74) is 5.56. The second kappa shape index (κ2) is 5.72. The Bertz CT molecular complexity index is 321. The summed E-state index contributed by atoms with van der Waals surface area (Å²) in [6.07, 6.45) is 2.29. The monoisotopic (exact) mass is 230 g/mol. The molecular formula is C9H15ClN4O. The standard InChI is InChI=1S/C9H15ClN4O/c1-3-6(4-15-2)14-9-7(10)8(11)12-5-13-9/h5-6H,3-4H2,1-2H3,(H3,11,12,13,14). The molecule has 0 aromatic carbocycles. The molecule has 0 saturated carbocycles. The lowest BCUT2D eigenvalue weighted by Crippen LogP contribution is -2.24. The zero-order valence-electron chi connectivity index (χ0n) is 8.83. The summed E-state index contributed by atoms with van der Waals surface area (Å²) in [6, 6.07) is 0.168. The predicted molar refractivity (Wildman–Crippen MR) is 61.0 cm³/mol. The van der Waals surface area contributed by atoms with Gasteiger partial charge in [-0.1, -0.05) is 18.5 Å². The minimum absolute atomic E-state index is 0.168. The van der Waals surface area contributed by atoms with Crippen LogP contribution in [0.2, 0.25) is 5.02 Å². The molecule has 15 heavy (non-hydrogen) atoms. The number of nitrogen functional groups attached to an aromatic ring is 1. The Hall–Kier alpha value is -1.07. The average molecular weight is 231 g/mol. The number of nitrogens with two attached hydrogens (primary N) is 1. The lowest BCUT2D eigenvalue weighted by molar-refractivity contribution is 0.184. The molecule has 0 spiro atoms.